The van der Waals surface area contributed by atoms with Crippen molar-refractivity contribution in [2.75, 3.05) is 13.2 Å². The molecule has 1 fully saturated rings. The molecule has 3 aromatic rings. The van der Waals surface area contributed by atoms with Crippen molar-refractivity contribution in [1.29, 1.82) is 0 Å². The first-order valence-electron chi connectivity index (χ1n) is 9.82. The van der Waals surface area contributed by atoms with Crippen molar-refractivity contribution in [2.24, 2.45) is 0 Å². The van der Waals surface area contributed by atoms with Crippen LogP contribution in [-0.2, 0) is 22.0 Å². The van der Waals surface area contributed by atoms with Gasteiger partial charge in [-0.3, -0.25) is 0 Å². The molecule has 0 N–H and O–H groups in total. The van der Waals surface area contributed by atoms with Gasteiger partial charge in [0.25, 0.3) is 0 Å². The van der Waals surface area contributed by atoms with Gasteiger partial charge in [-0.15, -0.1) is 11.3 Å². The molecule has 146 valence electrons. The minimum atomic E-state index is -2.84. The van der Waals surface area contributed by atoms with Crippen molar-refractivity contribution in [3.05, 3.63) is 88.6 Å². The van der Waals surface area contributed by atoms with E-state index in [-0.39, 0.29) is 6.10 Å². The van der Waals surface area contributed by atoms with Crippen LogP contribution in [0, 0.1) is 0 Å². The highest BCUT2D eigenvalue weighted by Crippen LogP contribution is 2.53. The summed E-state index contributed by atoms with van der Waals surface area (Å²) in [7, 11) is -2.84. The molecule has 2 atom stereocenters. The Morgan fingerprint density at radius 2 is 1.75 bits per heavy atom. The SMILES string of the molecule is O=[P@@](Cc1ccccc1)(c1ccccc1)N(Cc1cccs1)C[C@H]1CCCO1. The van der Waals surface area contributed by atoms with Gasteiger partial charge < -0.3 is 9.30 Å². The molecule has 3 nitrogen and oxygen atoms in total. The van der Waals surface area contributed by atoms with Crippen molar-refractivity contribution in [2.45, 2.75) is 31.7 Å². The summed E-state index contributed by atoms with van der Waals surface area (Å²) in [5.74, 6) is 0. The molecule has 1 aliphatic heterocycles. The van der Waals surface area contributed by atoms with Gasteiger partial charge in [0.1, 0.15) is 0 Å². The fourth-order valence-electron chi connectivity index (χ4n) is 3.76. The molecule has 5 heteroatoms. The molecule has 0 unspecified atom stereocenters. The maximum atomic E-state index is 14.7. The van der Waals surface area contributed by atoms with E-state index in [0.29, 0.717) is 19.3 Å². The fourth-order valence-corrected chi connectivity index (χ4v) is 7.46. The standard InChI is InChI=1S/C23H26NO2PS/c25-27(22-12-5-2-6-13-22,19-20-9-3-1-4-10-20)24(17-21-11-7-15-26-21)18-23-14-8-16-28-23/h1-6,8-10,12-14,16,21H,7,11,15,17-19H2/t21-,27+/m1/s1. The molecule has 0 amide bonds. The Morgan fingerprint density at radius 1 is 1.00 bits per heavy atom. The summed E-state index contributed by atoms with van der Waals surface area (Å²) >= 11 is 1.72. The second-order valence-corrected chi connectivity index (χ2v) is 11.1. The van der Waals surface area contributed by atoms with Gasteiger partial charge in [0.05, 0.1) is 6.10 Å². The molecule has 4 rings (SSSR count). The monoisotopic (exact) mass is 411 g/mol. The molecule has 1 saturated heterocycles. The first-order valence-corrected chi connectivity index (χ1v) is 12.5. The molecular formula is C23H26NO2PS. The van der Waals surface area contributed by atoms with E-state index in [1.807, 2.05) is 48.5 Å². The number of rotatable bonds is 8. The summed E-state index contributed by atoms with van der Waals surface area (Å²) in [6.45, 7) is 2.21. The van der Waals surface area contributed by atoms with E-state index in [2.05, 4.69) is 34.3 Å². The predicted molar refractivity (Wildman–Crippen MR) is 118 cm³/mol. The predicted octanol–water partition coefficient (Wildman–Crippen LogP) is 5.53. The lowest BCUT2D eigenvalue weighted by molar-refractivity contribution is 0.0925. The van der Waals surface area contributed by atoms with Gasteiger partial charge in [-0.2, -0.15) is 0 Å². The quantitative estimate of drug-likeness (QED) is 0.456. The Hall–Kier alpha value is -1.71. The number of thiophene rings is 1. The van der Waals surface area contributed by atoms with Gasteiger partial charge in [0.2, 0.25) is 0 Å². The van der Waals surface area contributed by atoms with Gasteiger partial charge in [0.15, 0.2) is 7.29 Å². The molecule has 1 aromatic heterocycles. The van der Waals surface area contributed by atoms with Crippen molar-refractivity contribution >= 4 is 23.9 Å². The van der Waals surface area contributed by atoms with Crippen molar-refractivity contribution in [3.8, 4) is 0 Å². The fraction of sp³-hybridized carbons (Fsp3) is 0.304. The van der Waals surface area contributed by atoms with Crippen LogP contribution >= 0.6 is 18.6 Å². The number of hydrogen-bond donors (Lipinski definition) is 0. The van der Waals surface area contributed by atoms with E-state index in [4.69, 9.17) is 4.74 Å². The number of benzene rings is 2. The lowest BCUT2D eigenvalue weighted by Gasteiger charge is -2.33. The summed E-state index contributed by atoms with van der Waals surface area (Å²) in [6.07, 6.45) is 2.83. The number of hydrogen-bond acceptors (Lipinski definition) is 3. The highest BCUT2D eigenvalue weighted by atomic mass is 32.1. The summed E-state index contributed by atoms with van der Waals surface area (Å²) < 4.78 is 22.8. The van der Waals surface area contributed by atoms with Crippen LogP contribution in [0.25, 0.3) is 0 Å². The van der Waals surface area contributed by atoms with Gasteiger partial charge >= 0.3 is 0 Å². The van der Waals surface area contributed by atoms with Crippen LogP contribution in [0.1, 0.15) is 23.3 Å². The minimum absolute atomic E-state index is 0.160. The summed E-state index contributed by atoms with van der Waals surface area (Å²) in [6, 6.07) is 24.4. The molecule has 0 aliphatic carbocycles. The first-order chi connectivity index (χ1) is 13.7. The van der Waals surface area contributed by atoms with Crippen molar-refractivity contribution in [3.63, 3.8) is 0 Å². The van der Waals surface area contributed by atoms with Gasteiger partial charge in [0, 0.05) is 36.0 Å². The third-order valence-electron chi connectivity index (χ3n) is 5.21. The highest BCUT2D eigenvalue weighted by molar-refractivity contribution is 7.68. The highest BCUT2D eigenvalue weighted by Gasteiger charge is 2.35. The number of ether oxygens (including phenoxy) is 1. The maximum absolute atomic E-state index is 14.7. The van der Waals surface area contributed by atoms with E-state index in [1.54, 1.807) is 11.3 Å². The third kappa shape index (κ3) is 4.64. The van der Waals surface area contributed by atoms with Crippen LogP contribution in [0.15, 0.2) is 78.2 Å². The summed E-state index contributed by atoms with van der Waals surface area (Å²) in [4.78, 5) is 1.24. The molecular weight excluding hydrogens is 385 g/mol. The van der Waals surface area contributed by atoms with Gasteiger partial charge in [-0.1, -0.05) is 66.7 Å². The molecule has 0 saturated carbocycles. The topological polar surface area (TPSA) is 29.5 Å². The molecule has 28 heavy (non-hydrogen) atoms. The second-order valence-electron chi connectivity index (χ2n) is 7.24. The van der Waals surface area contributed by atoms with Crippen LogP contribution in [0.3, 0.4) is 0 Å². The van der Waals surface area contributed by atoms with Crippen LogP contribution in [0.4, 0.5) is 0 Å². The largest absolute Gasteiger partial charge is 0.377 e. The number of nitrogens with zero attached hydrogens (tertiary/aromatic N) is 1. The van der Waals surface area contributed by atoms with E-state index >= 15 is 0 Å². The Balaban J connectivity index is 1.71. The van der Waals surface area contributed by atoms with E-state index in [1.165, 1.54) is 4.88 Å². The van der Waals surface area contributed by atoms with Crippen LogP contribution in [0.5, 0.6) is 0 Å². The Kier molecular flexibility index (Phi) is 6.43. The van der Waals surface area contributed by atoms with Gasteiger partial charge in [-0.25, -0.2) is 4.67 Å². The van der Waals surface area contributed by atoms with E-state index in [9.17, 15) is 4.57 Å². The van der Waals surface area contributed by atoms with Crippen molar-refractivity contribution < 1.29 is 9.30 Å². The van der Waals surface area contributed by atoms with Crippen LogP contribution < -0.4 is 5.30 Å². The Labute approximate surface area is 171 Å². The smallest absolute Gasteiger partial charge is 0.183 e. The first kappa shape index (κ1) is 19.6. The second kappa shape index (κ2) is 9.19. The molecule has 2 heterocycles. The normalized spacial score (nSPS) is 19.0. The average Bonchev–Trinajstić information content (AvgIpc) is 3.43. The minimum Gasteiger partial charge on any atom is -0.377 e. The summed E-state index contributed by atoms with van der Waals surface area (Å²) in [5.41, 5.74) is 1.11. The zero-order valence-corrected chi connectivity index (χ0v) is 17.7. The zero-order chi connectivity index (χ0) is 19.2. The lowest BCUT2D eigenvalue weighted by Crippen LogP contribution is -2.33. The molecule has 0 spiro atoms. The van der Waals surface area contributed by atoms with Crippen LogP contribution in [0.2, 0.25) is 0 Å². The Morgan fingerprint density at radius 3 is 2.39 bits per heavy atom. The van der Waals surface area contributed by atoms with E-state index in [0.717, 1.165) is 30.3 Å². The van der Waals surface area contributed by atoms with E-state index < -0.39 is 7.29 Å². The lowest BCUT2D eigenvalue weighted by atomic mass is 10.2. The maximum Gasteiger partial charge on any atom is 0.183 e. The average molecular weight is 412 g/mol. The third-order valence-corrected chi connectivity index (χ3v) is 9.19. The molecule has 2 aromatic carbocycles. The van der Waals surface area contributed by atoms with Gasteiger partial charge in [-0.05, 0) is 29.9 Å². The molecule has 0 radical (unpaired) electrons. The summed E-state index contributed by atoms with van der Waals surface area (Å²) in [5, 5.41) is 3.01. The van der Waals surface area contributed by atoms with Crippen LogP contribution in [-0.4, -0.2) is 23.9 Å². The van der Waals surface area contributed by atoms with Crippen molar-refractivity contribution in [1.82, 2.24) is 4.67 Å². The zero-order valence-electron chi connectivity index (χ0n) is 15.9. The molecule has 1 aliphatic rings. The Bertz CT molecular complexity index is 893. The molecule has 0 bridgehead atoms.